The fourth-order valence-corrected chi connectivity index (χ4v) is 3.28. The zero-order valence-electron chi connectivity index (χ0n) is 11.0. The molecule has 1 unspecified atom stereocenters. The van der Waals surface area contributed by atoms with Crippen molar-refractivity contribution in [2.24, 2.45) is 0 Å². The number of ether oxygens (including phenoxy) is 2. The number of aliphatic hydroxyl groups excluding tert-OH is 1. The molecule has 2 heterocycles. The molecule has 0 saturated carbocycles. The van der Waals surface area contributed by atoms with Crippen molar-refractivity contribution in [3.8, 4) is 5.75 Å². The van der Waals surface area contributed by atoms with Crippen LogP contribution in [0, 0.1) is 0 Å². The lowest BCUT2D eigenvalue weighted by Crippen LogP contribution is -2.51. The second-order valence-electron chi connectivity index (χ2n) is 6.08. The van der Waals surface area contributed by atoms with Gasteiger partial charge in [0.2, 0.25) is 0 Å². The molecule has 98 valence electrons. The summed E-state index contributed by atoms with van der Waals surface area (Å²) in [5, 5.41) is 10.3. The molecule has 3 heteroatoms. The number of aliphatic hydroxyl groups is 1. The number of rotatable bonds is 0. The van der Waals surface area contributed by atoms with Crippen LogP contribution >= 0.6 is 0 Å². The first-order chi connectivity index (χ1) is 8.50. The molecule has 2 aliphatic rings. The molecular weight excluding hydrogens is 228 g/mol. The molecule has 0 bridgehead atoms. The van der Waals surface area contributed by atoms with E-state index >= 15 is 0 Å². The van der Waals surface area contributed by atoms with E-state index in [1.54, 1.807) is 0 Å². The van der Waals surface area contributed by atoms with Gasteiger partial charge in [-0.25, -0.2) is 0 Å². The highest BCUT2D eigenvalue weighted by atomic mass is 16.5. The maximum Gasteiger partial charge on any atom is 0.125 e. The zero-order valence-corrected chi connectivity index (χ0v) is 11.0. The Kier molecular flexibility index (Phi) is 2.65. The fourth-order valence-electron chi connectivity index (χ4n) is 3.28. The Hall–Kier alpha value is -1.06. The summed E-state index contributed by atoms with van der Waals surface area (Å²) in [5.41, 5.74) is 0.465. The first-order valence-electron chi connectivity index (χ1n) is 6.60. The molecule has 18 heavy (non-hydrogen) atoms. The van der Waals surface area contributed by atoms with Crippen LogP contribution in [0.5, 0.6) is 5.75 Å². The largest absolute Gasteiger partial charge is 0.487 e. The molecule has 1 saturated heterocycles. The lowest BCUT2D eigenvalue weighted by Gasteiger charge is -2.48. The minimum Gasteiger partial charge on any atom is -0.487 e. The van der Waals surface area contributed by atoms with Crippen molar-refractivity contribution < 1.29 is 14.6 Å². The molecule has 1 spiro atoms. The summed E-state index contributed by atoms with van der Waals surface area (Å²) in [6.07, 6.45) is 1.91. The van der Waals surface area contributed by atoms with Gasteiger partial charge in [0.15, 0.2) is 0 Å². The van der Waals surface area contributed by atoms with E-state index in [4.69, 9.17) is 9.47 Å². The van der Waals surface area contributed by atoms with Gasteiger partial charge in [-0.1, -0.05) is 18.2 Å². The van der Waals surface area contributed by atoms with Crippen molar-refractivity contribution in [1.29, 1.82) is 0 Å². The SMILES string of the molecule is CC1(C)CC2(CCO1)C[C@H](O)c1ccccc1O2. The van der Waals surface area contributed by atoms with Crippen LogP contribution < -0.4 is 4.74 Å². The molecule has 1 aromatic rings. The quantitative estimate of drug-likeness (QED) is 0.767. The summed E-state index contributed by atoms with van der Waals surface area (Å²) in [6.45, 7) is 4.87. The van der Waals surface area contributed by atoms with Crippen LogP contribution in [0.15, 0.2) is 24.3 Å². The Balaban J connectivity index is 1.93. The van der Waals surface area contributed by atoms with Gasteiger partial charge in [-0.2, -0.15) is 0 Å². The van der Waals surface area contributed by atoms with Crippen molar-refractivity contribution in [2.45, 2.75) is 50.4 Å². The molecule has 3 nitrogen and oxygen atoms in total. The minimum absolute atomic E-state index is 0.176. The third kappa shape index (κ3) is 2.02. The van der Waals surface area contributed by atoms with Crippen molar-refractivity contribution >= 4 is 0 Å². The molecule has 0 radical (unpaired) electrons. The van der Waals surface area contributed by atoms with Crippen molar-refractivity contribution in [3.05, 3.63) is 29.8 Å². The second kappa shape index (κ2) is 3.97. The maximum absolute atomic E-state index is 10.3. The standard InChI is InChI=1S/C15H20O3/c1-14(2)10-15(7-8-17-14)9-12(16)11-5-3-4-6-13(11)18-15/h3-6,12,16H,7-10H2,1-2H3/t12-,15?/m0/s1. The predicted molar refractivity (Wildman–Crippen MR) is 68.6 cm³/mol. The van der Waals surface area contributed by atoms with E-state index in [-0.39, 0.29) is 11.2 Å². The van der Waals surface area contributed by atoms with Gasteiger partial charge in [-0.15, -0.1) is 0 Å². The Morgan fingerprint density at radius 2 is 2.06 bits per heavy atom. The molecule has 0 aromatic heterocycles. The normalized spacial score (nSPS) is 33.8. The van der Waals surface area contributed by atoms with Crippen LogP contribution in [0.3, 0.4) is 0 Å². The third-order valence-electron chi connectivity index (χ3n) is 3.97. The summed E-state index contributed by atoms with van der Waals surface area (Å²) < 4.78 is 12.0. The first kappa shape index (κ1) is 12.0. The Bertz CT molecular complexity index is 455. The Labute approximate surface area is 108 Å². The molecule has 0 amide bonds. The molecule has 1 N–H and O–H groups in total. The summed E-state index contributed by atoms with van der Waals surface area (Å²) in [7, 11) is 0. The third-order valence-corrected chi connectivity index (χ3v) is 3.97. The van der Waals surface area contributed by atoms with Gasteiger partial charge in [0.25, 0.3) is 0 Å². The number of hydrogen-bond acceptors (Lipinski definition) is 3. The van der Waals surface area contributed by atoms with Crippen LogP contribution in [0.25, 0.3) is 0 Å². The monoisotopic (exact) mass is 248 g/mol. The van der Waals surface area contributed by atoms with Crippen LogP contribution in [-0.4, -0.2) is 22.9 Å². The van der Waals surface area contributed by atoms with E-state index in [1.807, 2.05) is 24.3 Å². The molecule has 1 fully saturated rings. The van der Waals surface area contributed by atoms with Crippen LogP contribution in [0.1, 0.15) is 44.8 Å². The highest BCUT2D eigenvalue weighted by Crippen LogP contribution is 2.46. The number of para-hydroxylation sites is 1. The molecule has 1 aromatic carbocycles. The van der Waals surface area contributed by atoms with Crippen molar-refractivity contribution in [1.82, 2.24) is 0 Å². The van der Waals surface area contributed by atoms with E-state index in [0.29, 0.717) is 13.0 Å². The summed E-state index contributed by atoms with van der Waals surface area (Å²) in [5.74, 6) is 0.828. The van der Waals surface area contributed by atoms with Crippen LogP contribution in [0.4, 0.5) is 0 Å². The number of benzene rings is 1. The molecule has 0 aliphatic carbocycles. The predicted octanol–water partition coefficient (Wildman–Crippen LogP) is 2.83. The van der Waals surface area contributed by atoms with Crippen LogP contribution in [0.2, 0.25) is 0 Å². The van der Waals surface area contributed by atoms with E-state index in [0.717, 1.165) is 24.2 Å². The summed E-state index contributed by atoms with van der Waals surface area (Å²) in [4.78, 5) is 0. The van der Waals surface area contributed by atoms with E-state index in [2.05, 4.69) is 13.8 Å². The Morgan fingerprint density at radius 1 is 1.28 bits per heavy atom. The first-order valence-corrected chi connectivity index (χ1v) is 6.60. The summed E-state index contributed by atoms with van der Waals surface area (Å²) >= 11 is 0. The van der Waals surface area contributed by atoms with E-state index < -0.39 is 6.10 Å². The van der Waals surface area contributed by atoms with Gasteiger partial charge >= 0.3 is 0 Å². The maximum atomic E-state index is 10.3. The Morgan fingerprint density at radius 3 is 2.83 bits per heavy atom. The van der Waals surface area contributed by atoms with Gasteiger partial charge in [0.05, 0.1) is 18.3 Å². The highest BCUT2D eigenvalue weighted by Gasteiger charge is 2.47. The van der Waals surface area contributed by atoms with Gasteiger partial charge in [-0.05, 0) is 19.9 Å². The average Bonchev–Trinajstić information content (AvgIpc) is 2.27. The van der Waals surface area contributed by atoms with Crippen molar-refractivity contribution in [3.63, 3.8) is 0 Å². The molecule has 3 rings (SSSR count). The fraction of sp³-hybridized carbons (Fsp3) is 0.600. The summed E-state index contributed by atoms with van der Waals surface area (Å²) in [6, 6.07) is 7.78. The lowest BCUT2D eigenvalue weighted by molar-refractivity contribution is -0.151. The minimum atomic E-state index is -0.427. The van der Waals surface area contributed by atoms with Crippen molar-refractivity contribution in [2.75, 3.05) is 6.61 Å². The number of fused-ring (bicyclic) bond motifs is 1. The van der Waals surface area contributed by atoms with Gasteiger partial charge < -0.3 is 14.6 Å². The smallest absolute Gasteiger partial charge is 0.125 e. The second-order valence-corrected chi connectivity index (χ2v) is 6.08. The van der Waals surface area contributed by atoms with Crippen LogP contribution in [-0.2, 0) is 4.74 Å². The zero-order chi connectivity index (χ0) is 12.8. The van der Waals surface area contributed by atoms with Gasteiger partial charge in [0.1, 0.15) is 11.4 Å². The molecular formula is C15H20O3. The average molecular weight is 248 g/mol. The van der Waals surface area contributed by atoms with Gasteiger partial charge in [-0.3, -0.25) is 0 Å². The van der Waals surface area contributed by atoms with E-state index in [9.17, 15) is 5.11 Å². The highest BCUT2D eigenvalue weighted by molar-refractivity contribution is 5.38. The number of hydrogen-bond donors (Lipinski definition) is 1. The molecule has 2 aliphatic heterocycles. The van der Waals surface area contributed by atoms with E-state index in [1.165, 1.54) is 0 Å². The lowest BCUT2D eigenvalue weighted by atomic mass is 9.77. The molecule has 2 atom stereocenters. The topological polar surface area (TPSA) is 38.7 Å². The van der Waals surface area contributed by atoms with Gasteiger partial charge in [0, 0.05) is 24.8 Å².